The third-order valence-electron chi connectivity index (χ3n) is 0.474. The molecule has 0 radical (unpaired) electrons. The Hall–Kier alpha value is 1.26. The first-order chi connectivity index (χ1) is 2.93. The Morgan fingerprint density at radius 2 is 2.67 bits per heavy atom. The number of halogens is 2. The van der Waals surface area contributed by atoms with E-state index in [0.29, 0.717) is 21.0 Å². The first-order valence-corrected chi connectivity index (χ1v) is 6.71. The summed E-state index contributed by atoms with van der Waals surface area (Å²) in [5, 5.41) is 0. The third-order valence-corrected chi connectivity index (χ3v) is 9.06. The summed E-state index contributed by atoms with van der Waals surface area (Å²) in [6.45, 7) is 0. The number of rotatable bonds is 1. The summed E-state index contributed by atoms with van der Waals surface area (Å²) >= 11 is 1.08. The molecule has 0 N–H and O–H groups in total. The molecule has 3 heteroatoms. The van der Waals surface area contributed by atoms with E-state index in [1.165, 1.54) is 1.93 Å². The van der Waals surface area contributed by atoms with E-state index >= 15 is 0 Å². The van der Waals surface area contributed by atoms with Crippen molar-refractivity contribution in [2.75, 3.05) is 11.5 Å². The predicted molar refractivity (Wildman–Crippen MR) is 31.0 cm³/mol. The van der Waals surface area contributed by atoms with Crippen LogP contribution >= 0.6 is 21.0 Å². The maximum absolute atomic E-state index is 4.14. The summed E-state index contributed by atoms with van der Waals surface area (Å²) in [7, 11) is 1.95. The van der Waals surface area contributed by atoms with Gasteiger partial charge in [0.25, 0.3) is 0 Å². The zero-order chi connectivity index (χ0) is 4.41. The Balaban J connectivity index is 2.15. The van der Waals surface area contributed by atoms with Crippen LogP contribution in [0.4, 0.5) is 0 Å². The SMILES string of the molecule is CN=IC1C[I-]1. The average Bonchev–Trinajstić information content (AvgIpc) is 2.21. The van der Waals surface area contributed by atoms with Gasteiger partial charge in [0, 0.05) is 0 Å². The molecule has 0 aliphatic carbocycles. The molecule has 1 saturated heterocycles. The topological polar surface area (TPSA) is 12.4 Å². The van der Waals surface area contributed by atoms with Crippen LogP contribution in [0.5, 0.6) is 0 Å². The van der Waals surface area contributed by atoms with Crippen molar-refractivity contribution in [3.63, 3.8) is 0 Å². The van der Waals surface area contributed by atoms with Crippen LogP contribution in [0.1, 0.15) is 0 Å². The van der Waals surface area contributed by atoms with E-state index in [2.05, 4.69) is 3.15 Å². The van der Waals surface area contributed by atoms with Crippen molar-refractivity contribution in [2.24, 2.45) is 3.15 Å². The Morgan fingerprint density at radius 1 is 2.00 bits per heavy atom. The van der Waals surface area contributed by atoms with Gasteiger partial charge in [-0.15, -0.1) is 0 Å². The van der Waals surface area contributed by atoms with Crippen LogP contribution in [0.2, 0.25) is 0 Å². The molecule has 1 nitrogen and oxygen atoms in total. The Bertz CT molecular complexity index is 67.2. The average molecular weight is 310 g/mol. The number of hydrogen-bond acceptors (Lipinski definition) is 1. The molecule has 0 aromatic heterocycles. The standard InChI is InChI=1S/C3H6I2N/c1-6-5-3-2-4-3/h3H,2H2,1H3/q-1. The monoisotopic (exact) mass is 310 g/mol. The molecule has 0 spiro atoms. The van der Waals surface area contributed by atoms with Crippen LogP contribution in [0.15, 0.2) is 3.15 Å². The molecule has 1 aliphatic heterocycles. The van der Waals surface area contributed by atoms with Gasteiger partial charge in [0.15, 0.2) is 0 Å². The Labute approximate surface area is 58.3 Å². The second-order valence-corrected chi connectivity index (χ2v) is 9.64. The van der Waals surface area contributed by atoms with Crippen molar-refractivity contribution in [2.45, 2.75) is 1.93 Å². The molecule has 0 aromatic rings. The minimum absolute atomic E-state index is 0.353. The van der Waals surface area contributed by atoms with Crippen molar-refractivity contribution in [1.29, 1.82) is 0 Å². The summed E-state index contributed by atoms with van der Waals surface area (Å²) in [5.74, 6) is 0. The molecule has 1 heterocycles. The Kier molecular flexibility index (Phi) is 2.28. The molecule has 0 amide bonds. The van der Waals surface area contributed by atoms with Gasteiger partial charge in [-0.1, -0.05) is 0 Å². The maximum atomic E-state index is 4.14. The van der Waals surface area contributed by atoms with E-state index in [1.54, 1.807) is 4.43 Å². The zero-order valence-corrected chi connectivity index (χ0v) is 7.80. The van der Waals surface area contributed by atoms with Crippen LogP contribution in [0.3, 0.4) is 0 Å². The summed E-state index contributed by atoms with van der Waals surface area (Å²) in [6.07, 6.45) is 0. The van der Waals surface area contributed by atoms with Gasteiger partial charge in [-0.05, 0) is 0 Å². The molecule has 1 unspecified atom stereocenters. The van der Waals surface area contributed by atoms with E-state index in [4.69, 9.17) is 0 Å². The molecule has 1 atom stereocenters. The second-order valence-electron chi connectivity index (χ2n) is 0.966. The van der Waals surface area contributed by atoms with Gasteiger partial charge < -0.3 is 0 Å². The molecule has 6 heavy (non-hydrogen) atoms. The Morgan fingerprint density at radius 3 is 2.83 bits per heavy atom. The van der Waals surface area contributed by atoms with E-state index < -0.39 is 0 Å². The van der Waals surface area contributed by atoms with Gasteiger partial charge >= 0.3 is 58.8 Å². The molecule has 1 aliphatic rings. The van der Waals surface area contributed by atoms with Gasteiger partial charge in [-0.2, -0.15) is 0 Å². The molecule has 1 fully saturated rings. The van der Waals surface area contributed by atoms with Gasteiger partial charge in [-0.3, -0.25) is 0 Å². The van der Waals surface area contributed by atoms with Crippen molar-refractivity contribution in [1.82, 2.24) is 0 Å². The van der Waals surface area contributed by atoms with E-state index in [9.17, 15) is 0 Å². The predicted octanol–water partition coefficient (Wildman–Crippen LogP) is -1.80. The van der Waals surface area contributed by atoms with Gasteiger partial charge in [0.1, 0.15) is 0 Å². The van der Waals surface area contributed by atoms with Crippen molar-refractivity contribution >= 4 is 21.0 Å². The molecule has 38 valence electrons. The fourth-order valence-electron chi connectivity index (χ4n) is 0.192. The van der Waals surface area contributed by atoms with E-state index in [-0.39, 0.29) is 0 Å². The molecule has 0 aromatic carbocycles. The number of hydrogen-bond donors (Lipinski definition) is 0. The van der Waals surface area contributed by atoms with Crippen molar-refractivity contribution < 1.29 is 21.2 Å². The van der Waals surface area contributed by atoms with Gasteiger partial charge in [-0.25, -0.2) is 0 Å². The molecular formula is C3H6I2N-. The van der Waals surface area contributed by atoms with Crippen molar-refractivity contribution in [3.05, 3.63) is 0 Å². The molecule has 1 rings (SSSR count). The molecule has 0 saturated carbocycles. The first kappa shape index (κ1) is 5.40. The van der Waals surface area contributed by atoms with Crippen LogP contribution in [-0.4, -0.2) is 13.4 Å². The fraction of sp³-hybridized carbons (Fsp3) is 1.00. The molecular weight excluding hydrogens is 304 g/mol. The summed E-state index contributed by atoms with van der Waals surface area (Å²) in [4.78, 5) is 0. The van der Waals surface area contributed by atoms with E-state index in [0.717, 1.165) is 21.2 Å². The van der Waals surface area contributed by atoms with Crippen LogP contribution in [0.25, 0.3) is 0 Å². The van der Waals surface area contributed by atoms with Crippen LogP contribution in [-0.2, 0) is 0 Å². The minimum atomic E-state index is 0.353. The number of alkyl halides is 3. The summed E-state index contributed by atoms with van der Waals surface area (Å²) in [5.41, 5.74) is 0. The molecule has 0 bridgehead atoms. The quantitative estimate of drug-likeness (QED) is 0.400. The third kappa shape index (κ3) is 1.81. The zero-order valence-electron chi connectivity index (χ0n) is 3.49. The van der Waals surface area contributed by atoms with E-state index in [1.807, 2.05) is 7.05 Å². The van der Waals surface area contributed by atoms with Gasteiger partial charge in [0.05, 0.1) is 0 Å². The summed E-state index contributed by atoms with van der Waals surface area (Å²) < 4.78 is 6.92. The number of nitrogens with zero attached hydrogens (tertiary/aromatic N) is 1. The normalized spacial score (nSPS) is 34.5. The first-order valence-electron chi connectivity index (χ1n) is 1.73. The van der Waals surface area contributed by atoms with Crippen molar-refractivity contribution in [3.8, 4) is 0 Å². The fourth-order valence-corrected chi connectivity index (χ4v) is 5.99. The van der Waals surface area contributed by atoms with Crippen LogP contribution < -0.4 is 21.2 Å². The van der Waals surface area contributed by atoms with Gasteiger partial charge in [0.2, 0.25) is 0 Å². The summed E-state index contributed by atoms with van der Waals surface area (Å²) in [6, 6.07) is 0. The van der Waals surface area contributed by atoms with Crippen LogP contribution in [0, 0.1) is 0 Å². The second kappa shape index (κ2) is 2.54.